The third-order valence-electron chi connectivity index (χ3n) is 13.6. The Hall–Kier alpha value is -8.44. The summed E-state index contributed by atoms with van der Waals surface area (Å²) in [6, 6.07) is 35.9. The molecule has 8 aromatic rings. The van der Waals surface area contributed by atoms with E-state index in [9.17, 15) is 28.8 Å². The zero-order valence-electron chi connectivity index (χ0n) is 41.0. The number of nitrogens with one attached hydrogen (secondary N) is 2. The van der Waals surface area contributed by atoms with Crippen LogP contribution < -0.4 is 27.6 Å². The Bertz CT molecular complexity index is 3780. The summed E-state index contributed by atoms with van der Waals surface area (Å²) in [5, 5.41) is 12.2. The van der Waals surface area contributed by atoms with Gasteiger partial charge < -0.3 is 40.9 Å². The molecule has 0 saturated carbocycles. The average molecular weight is 1050 g/mol. The number of halogens is 1. The van der Waals surface area contributed by atoms with Crippen molar-refractivity contribution in [3.63, 3.8) is 0 Å². The minimum absolute atomic E-state index is 0.0403. The van der Waals surface area contributed by atoms with E-state index < -0.39 is 42.3 Å². The molecule has 1 saturated heterocycles. The smallest absolute Gasteiger partial charge is 0.465 e. The molecule has 0 unspecified atom stereocenters. The molecule has 11 rings (SSSR count). The highest BCUT2D eigenvalue weighted by Gasteiger charge is 2.52. The zero-order chi connectivity index (χ0) is 52.8. The number of urea groups is 2. The Morgan fingerprint density at radius 1 is 0.527 bits per heavy atom. The van der Waals surface area contributed by atoms with Gasteiger partial charge in [0.2, 0.25) is 0 Å². The van der Waals surface area contributed by atoms with Crippen molar-refractivity contribution in [2.45, 2.75) is 38.9 Å². The number of ether oxygens (including phenoxy) is 2. The van der Waals surface area contributed by atoms with Gasteiger partial charge in [0.05, 0.1) is 36.5 Å². The fourth-order valence-electron chi connectivity index (χ4n) is 9.27. The molecule has 14 nitrogen and oxygen atoms in total. The second kappa shape index (κ2) is 19.9. The first-order valence-corrected chi connectivity index (χ1v) is 24.1. The molecule has 74 heavy (non-hydrogen) atoms. The van der Waals surface area contributed by atoms with E-state index in [0.29, 0.717) is 39.1 Å². The lowest BCUT2D eigenvalue weighted by atomic mass is 9.75. The Kier molecular flexibility index (Phi) is 13.6. The van der Waals surface area contributed by atoms with Gasteiger partial charge in [-0.25, -0.2) is 19.2 Å². The fraction of sp³-hybridized carbons (Fsp3) is 0.138. The predicted octanol–water partition coefficient (Wildman–Crippen LogP) is 11.4. The molecule has 8 aromatic carbocycles. The van der Waals surface area contributed by atoms with Crippen molar-refractivity contribution in [1.82, 2.24) is 0 Å². The predicted molar refractivity (Wildman–Crippen MR) is 294 cm³/mol. The number of nitrogens with two attached hydrogens (primary N) is 2. The molecule has 1 heterocycles. The molecular weight excluding hydrogens is 1000 g/mol. The van der Waals surface area contributed by atoms with E-state index in [-0.39, 0.29) is 11.6 Å². The minimum atomic E-state index is -0.697. The number of hydrogen-bond donors (Lipinski definition) is 4. The number of carbonyl (C=O) groups excluding carboxylic acids is 6. The molecule has 0 atom stereocenters. The van der Waals surface area contributed by atoms with Crippen LogP contribution in [0.3, 0.4) is 0 Å². The number of benzene rings is 8. The number of carbonyl (C=O) groups is 6. The van der Waals surface area contributed by atoms with Crippen LogP contribution in [0, 0.1) is 0 Å². The summed E-state index contributed by atoms with van der Waals surface area (Å²) < 4.78 is 23.2. The highest BCUT2D eigenvalue weighted by atomic mass is 79.9. The van der Waals surface area contributed by atoms with Crippen LogP contribution in [0.1, 0.15) is 80.3 Å². The quantitative estimate of drug-likeness (QED) is 0.0913. The van der Waals surface area contributed by atoms with Gasteiger partial charge in [-0.15, -0.1) is 0 Å². The lowest BCUT2D eigenvalue weighted by molar-refractivity contribution is 0.00578. The van der Waals surface area contributed by atoms with Crippen molar-refractivity contribution in [3.8, 4) is 11.1 Å². The van der Waals surface area contributed by atoms with Gasteiger partial charge in [0.15, 0.2) is 11.6 Å². The maximum absolute atomic E-state index is 12.7. The monoisotopic (exact) mass is 1050 g/mol. The van der Waals surface area contributed by atoms with Gasteiger partial charge in [-0.1, -0.05) is 101 Å². The summed E-state index contributed by atoms with van der Waals surface area (Å²) in [7, 11) is 1.96. The standard InChI is InChI=1S/C26H18N2O4.C19H23BN2O5.C13H7BrO/c1-32-25(30)22-13-16-11-17(28-26(27)31)8-5-15(16)12-21(22)18-9-6-14-7-10-23(29)20-4-2-3-19(18)24(14)20;1-18(2)19(3,4)27-20(26-18)15-10-11-6-7-13(22-17(21)24)8-12(11)9-14(15)16(23)25-5;14-11-6-4-8-5-7-12(15)10-3-1-2-9(11)13(8)10/h2-13H,1H3,(H3,27,28,31);6-10H,1-5H3,(H3,21,22,24);1-7H. The highest BCUT2D eigenvalue weighted by Crippen LogP contribution is 2.40. The number of methoxy groups -OCH3 is 2. The second-order valence-electron chi connectivity index (χ2n) is 18.7. The molecule has 0 aromatic heterocycles. The number of fused-ring (bicyclic) bond motifs is 2. The van der Waals surface area contributed by atoms with Gasteiger partial charge in [-0.05, 0) is 148 Å². The first-order chi connectivity index (χ1) is 35.3. The van der Waals surface area contributed by atoms with Crippen LogP contribution in [-0.2, 0) is 18.8 Å². The van der Waals surface area contributed by atoms with E-state index >= 15 is 0 Å². The van der Waals surface area contributed by atoms with Crippen molar-refractivity contribution in [2.24, 2.45) is 11.5 Å². The molecule has 0 radical (unpaired) electrons. The van der Waals surface area contributed by atoms with Gasteiger partial charge >= 0.3 is 31.1 Å². The number of primary amides is 2. The SMILES string of the molecule is COC(=O)c1cc2cc(NC(N)=O)ccc2cc1-c1ccc2c3c(cccc13)C(=O)C=C2.COC(=O)c1cc2cc(NC(N)=O)ccc2cc1B1OC(C)(C)C(C)(C)O1.O=C1C=Cc2ccc(Br)c3cccc1c23. The third kappa shape index (κ3) is 9.65. The highest BCUT2D eigenvalue weighted by molar-refractivity contribution is 9.10. The normalized spacial score (nSPS) is 14.5. The van der Waals surface area contributed by atoms with E-state index in [4.69, 9.17) is 30.2 Å². The average Bonchev–Trinajstić information content (AvgIpc) is 3.61. The molecule has 6 N–H and O–H groups in total. The van der Waals surface area contributed by atoms with E-state index in [1.165, 1.54) is 14.2 Å². The zero-order valence-corrected chi connectivity index (χ0v) is 42.6. The molecule has 0 spiro atoms. The largest absolute Gasteiger partial charge is 0.495 e. The molecule has 2 aliphatic carbocycles. The molecule has 370 valence electrons. The summed E-state index contributed by atoms with van der Waals surface area (Å²) >= 11 is 3.50. The molecule has 0 bridgehead atoms. The fourth-order valence-corrected chi connectivity index (χ4v) is 9.74. The number of hydrogen-bond acceptors (Lipinski definition) is 10. The topological polar surface area (TPSA) is 215 Å². The van der Waals surface area contributed by atoms with Gasteiger partial charge in [-0.3, -0.25) is 9.59 Å². The minimum Gasteiger partial charge on any atom is -0.465 e. The molecule has 4 amide bonds. The summed E-state index contributed by atoms with van der Waals surface area (Å²) in [6.07, 6.45) is 6.90. The van der Waals surface area contributed by atoms with Crippen molar-refractivity contribution in [2.75, 3.05) is 24.9 Å². The Balaban J connectivity index is 0.000000145. The van der Waals surface area contributed by atoms with E-state index in [1.54, 1.807) is 48.6 Å². The van der Waals surface area contributed by atoms with E-state index in [1.807, 2.05) is 125 Å². The van der Waals surface area contributed by atoms with E-state index in [2.05, 4.69) is 26.6 Å². The molecule has 3 aliphatic rings. The van der Waals surface area contributed by atoms with Crippen LogP contribution in [0.25, 0.3) is 66.4 Å². The molecule has 1 fully saturated rings. The number of anilines is 2. The first-order valence-electron chi connectivity index (χ1n) is 23.3. The number of amides is 4. The lowest BCUT2D eigenvalue weighted by Gasteiger charge is -2.32. The van der Waals surface area contributed by atoms with Crippen molar-refractivity contribution < 1.29 is 47.5 Å². The van der Waals surface area contributed by atoms with E-state index in [0.717, 1.165) is 69.8 Å². The second-order valence-corrected chi connectivity index (χ2v) is 19.6. The maximum Gasteiger partial charge on any atom is 0.495 e. The lowest BCUT2D eigenvalue weighted by Crippen LogP contribution is -2.41. The number of esters is 2. The Labute approximate surface area is 433 Å². The van der Waals surface area contributed by atoms with Gasteiger partial charge in [0, 0.05) is 37.7 Å². The Morgan fingerprint density at radius 2 is 1.01 bits per heavy atom. The number of rotatable bonds is 6. The van der Waals surface area contributed by atoms with Crippen LogP contribution in [0.5, 0.6) is 0 Å². The molecular formula is C58H48BBrN4O10. The Morgan fingerprint density at radius 3 is 1.55 bits per heavy atom. The van der Waals surface area contributed by atoms with Crippen molar-refractivity contribution in [1.29, 1.82) is 0 Å². The van der Waals surface area contributed by atoms with Gasteiger partial charge in [-0.2, -0.15) is 0 Å². The summed E-state index contributed by atoms with van der Waals surface area (Å²) in [5.74, 6) is -0.922. The van der Waals surface area contributed by atoms with Crippen LogP contribution in [0.4, 0.5) is 21.0 Å². The van der Waals surface area contributed by atoms with Crippen molar-refractivity contribution in [3.05, 3.63) is 171 Å². The third-order valence-corrected chi connectivity index (χ3v) is 14.3. The number of allylic oxidation sites excluding steroid dienone is 2. The van der Waals surface area contributed by atoms with Gasteiger partial charge in [0.25, 0.3) is 0 Å². The van der Waals surface area contributed by atoms with Gasteiger partial charge in [0.1, 0.15) is 0 Å². The maximum atomic E-state index is 12.7. The van der Waals surface area contributed by atoms with Crippen LogP contribution in [0.2, 0.25) is 0 Å². The number of ketones is 2. The van der Waals surface area contributed by atoms with Crippen LogP contribution in [-0.4, -0.2) is 68.1 Å². The summed E-state index contributed by atoms with van der Waals surface area (Å²) in [4.78, 5) is 71.5. The summed E-state index contributed by atoms with van der Waals surface area (Å²) in [5.41, 5.74) is 16.8. The molecule has 16 heteroatoms. The molecule has 1 aliphatic heterocycles. The van der Waals surface area contributed by atoms with Crippen LogP contribution in [0.15, 0.2) is 138 Å². The van der Waals surface area contributed by atoms with Crippen LogP contribution >= 0.6 is 15.9 Å². The summed E-state index contributed by atoms with van der Waals surface area (Å²) in [6.45, 7) is 7.81. The first kappa shape index (κ1) is 50.5. The van der Waals surface area contributed by atoms with Crippen molar-refractivity contribution >= 4 is 131 Å².